The molecule has 0 fully saturated rings. The molecule has 0 aliphatic carbocycles. The third-order valence-electron chi connectivity index (χ3n) is 2.59. The summed E-state index contributed by atoms with van der Waals surface area (Å²) >= 11 is 0. The van der Waals surface area contributed by atoms with E-state index >= 15 is 0 Å². The topological polar surface area (TPSA) is 46.2 Å². The normalized spacial score (nSPS) is 16.0. The van der Waals surface area contributed by atoms with Gasteiger partial charge in [-0.25, -0.2) is 0 Å². The first kappa shape index (κ1) is 15.4. The van der Waals surface area contributed by atoms with Gasteiger partial charge in [-0.05, 0) is 26.2 Å². The number of allylic oxidation sites excluding steroid dienone is 3. The number of hydrogen-bond acceptors (Lipinski definition) is 2. The number of unbranched alkanes of at least 4 members (excludes halogenated alkanes) is 4. The molecule has 0 saturated carbocycles. The molecule has 0 amide bonds. The molecule has 2 nitrogen and oxygen atoms in total. The highest BCUT2D eigenvalue weighted by molar-refractivity contribution is 5.03. The molecule has 3 N–H and O–H groups in total. The summed E-state index contributed by atoms with van der Waals surface area (Å²) in [5.74, 6) is 0. The van der Waals surface area contributed by atoms with Crippen LogP contribution in [0, 0.1) is 0 Å². The van der Waals surface area contributed by atoms with Crippen LogP contribution in [0.5, 0.6) is 0 Å². The first-order valence-electron chi connectivity index (χ1n) is 6.43. The Morgan fingerprint density at radius 1 is 1.12 bits per heavy atom. The van der Waals surface area contributed by atoms with Crippen LogP contribution in [0.2, 0.25) is 0 Å². The van der Waals surface area contributed by atoms with Gasteiger partial charge in [0.25, 0.3) is 0 Å². The van der Waals surface area contributed by atoms with Gasteiger partial charge in [0.05, 0.1) is 6.10 Å². The summed E-state index contributed by atoms with van der Waals surface area (Å²) in [4.78, 5) is 0. The van der Waals surface area contributed by atoms with Crippen LogP contribution in [0.3, 0.4) is 0 Å². The first-order valence-corrected chi connectivity index (χ1v) is 6.43. The summed E-state index contributed by atoms with van der Waals surface area (Å²) in [5.41, 5.74) is 5.54. The van der Waals surface area contributed by atoms with E-state index < -0.39 is 6.10 Å². The van der Waals surface area contributed by atoms with E-state index in [0.29, 0.717) is 6.42 Å². The van der Waals surface area contributed by atoms with Crippen molar-refractivity contribution in [2.24, 2.45) is 5.73 Å². The molecule has 0 rings (SSSR count). The van der Waals surface area contributed by atoms with Crippen LogP contribution in [0.4, 0.5) is 0 Å². The highest BCUT2D eigenvalue weighted by atomic mass is 16.3. The van der Waals surface area contributed by atoms with Gasteiger partial charge in [-0.15, -0.1) is 0 Å². The quantitative estimate of drug-likeness (QED) is 0.467. The molecule has 16 heavy (non-hydrogen) atoms. The van der Waals surface area contributed by atoms with E-state index in [2.05, 4.69) is 19.1 Å². The van der Waals surface area contributed by atoms with Crippen molar-refractivity contribution in [2.75, 3.05) is 0 Å². The molecule has 2 unspecified atom stereocenters. The standard InChI is InChI=1S/C14H27NO/c1-3-4-5-6-7-8-9-10-11-12-14(16)13(2)15/h8-11,13-14,16H,3-7,12,15H2,1-2H3. The maximum absolute atomic E-state index is 9.43. The third-order valence-corrected chi connectivity index (χ3v) is 2.59. The Bertz CT molecular complexity index is 197. The molecule has 0 aromatic heterocycles. The Morgan fingerprint density at radius 2 is 1.81 bits per heavy atom. The minimum absolute atomic E-state index is 0.150. The lowest BCUT2D eigenvalue weighted by Crippen LogP contribution is -2.30. The fourth-order valence-electron chi connectivity index (χ4n) is 1.37. The van der Waals surface area contributed by atoms with Gasteiger partial charge in [0.2, 0.25) is 0 Å². The molecule has 0 radical (unpaired) electrons. The highest BCUT2D eigenvalue weighted by Gasteiger charge is 2.05. The van der Waals surface area contributed by atoms with Gasteiger partial charge in [-0.2, -0.15) is 0 Å². The van der Waals surface area contributed by atoms with Gasteiger partial charge in [0, 0.05) is 6.04 Å². The molecule has 2 atom stereocenters. The largest absolute Gasteiger partial charge is 0.391 e. The van der Waals surface area contributed by atoms with Gasteiger partial charge in [-0.3, -0.25) is 0 Å². The van der Waals surface area contributed by atoms with Crippen LogP contribution in [0.1, 0.15) is 52.4 Å². The molecule has 0 spiro atoms. The molecular formula is C14H27NO. The number of nitrogens with two attached hydrogens (primary N) is 1. The van der Waals surface area contributed by atoms with E-state index in [1.165, 1.54) is 25.7 Å². The molecule has 0 saturated heterocycles. The van der Waals surface area contributed by atoms with E-state index in [1.54, 1.807) is 0 Å². The van der Waals surface area contributed by atoms with Crippen LogP contribution in [-0.4, -0.2) is 17.3 Å². The summed E-state index contributed by atoms with van der Waals surface area (Å²) in [6.45, 7) is 4.05. The molecule has 0 bridgehead atoms. The van der Waals surface area contributed by atoms with Crippen molar-refractivity contribution in [3.8, 4) is 0 Å². The molecule has 0 aliphatic heterocycles. The summed E-state index contributed by atoms with van der Waals surface area (Å²) in [6, 6.07) is -0.150. The third kappa shape index (κ3) is 9.94. The summed E-state index contributed by atoms with van der Waals surface area (Å²) in [7, 11) is 0. The smallest absolute Gasteiger partial charge is 0.0722 e. The number of hydrogen-bond donors (Lipinski definition) is 2. The second-order valence-corrected chi connectivity index (χ2v) is 4.37. The number of aliphatic hydroxyl groups is 1. The van der Waals surface area contributed by atoms with Gasteiger partial charge in [-0.1, -0.05) is 50.5 Å². The van der Waals surface area contributed by atoms with E-state index in [0.717, 1.165) is 6.42 Å². The molecule has 0 aliphatic rings. The zero-order valence-electron chi connectivity index (χ0n) is 10.7. The maximum Gasteiger partial charge on any atom is 0.0722 e. The predicted octanol–water partition coefficient (Wildman–Crippen LogP) is 3.17. The van der Waals surface area contributed by atoms with Crippen LogP contribution in [0.15, 0.2) is 24.3 Å². The monoisotopic (exact) mass is 225 g/mol. The lowest BCUT2D eigenvalue weighted by atomic mass is 10.1. The lowest BCUT2D eigenvalue weighted by Gasteiger charge is -2.10. The van der Waals surface area contributed by atoms with Crippen molar-refractivity contribution in [3.63, 3.8) is 0 Å². The highest BCUT2D eigenvalue weighted by Crippen LogP contribution is 2.03. The van der Waals surface area contributed by atoms with Crippen molar-refractivity contribution in [3.05, 3.63) is 24.3 Å². The van der Waals surface area contributed by atoms with Gasteiger partial charge in [0.15, 0.2) is 0 Å². The minimum atomic E-state index is -0.422. The van der Waals surface area contributed by atoms with Gasteiger partial charge >= 0.3 is 0 Å². The SMILES string of the molecule is CCCCCCC=CC=CCC(O)C(C)N. The molecule has 0 heterocycles. The Morgan fingerprint density at radius 3 is 2.44 bits per heavy atom. The van der Waals surface area contributed by atoms with Crippen LogP contribution in [-0.2, 0) is 0 Å². The van der Waals surface area contributed by atoms with Crippen molar-refractivity contribution in [1.29, 1.82) is 0 Å². The molecule has 0 aromatic carbocycles. The van der Waals surface area contributed by atoms with E-state index in [9.17, 15) is 5.11 Å². The number of aliphatic hydroxyl groups excluding tert-OH is 1. The van der Waals surface area contributed by atoms with Crippen LogP contribution in [0.25, 0.3) is 0 Å². The number of rotatable bonds is 9. The van der Waals surface area contributed by atoms with E-state index in [1.807, 2.05) is 19.1 Å². The van der Waals surface area contributed by atoms with E-state index in [-0.39, 0.29) is 6.04 Å². The lowest BCUT2D eigenvalue weighted by molar-refractivity contribution is 0.154. The fourth-order valence-corrected chi connectivity index (χ4v) is 1.37. The van der Waals surface area contributed by atoms with Crippen molar-refractivity contribution >= 4 is 0 Å². The summed E-state index contributed by atoms with van der Waals surface area (Å²) in [6.07, 6.45) is 14.8. The van der Waals surface area contributed by atoms with Crippen molar-refractivity contribution in [1.82, 2.24) is 0 Å². The summed E-state index contributed by atoms with van der Waals surface area (Å²) in [5, 5.41) is 9.43. The second kappa shape index (κ2) is 10.9. The predicted molar refractivity (Wildman–Crippen MR) is 71.3 cm³/mol. The summed E-state index contributed by atoms with van der Waals surface area (Å²) < 4.78 is 0. The van der Waals surface area contributed by atoms with Crippen LogP contribution >= 0.6 is 0 Å². The second-order valence-electron chi connectivity index (χ2n) is 4.37. The maximum atomic E-state index is 9.43. The van der Waals surface area contributed by atoms with Crippen molar-refractivity contribution in [2.45, 2.75) is 64.5 Å². The Kier molecular flexibility index (Phi) is 10.5. The molecule has 2 heteroatoms. The average Bonchev–Trinajstić information content (AvgIpc) is 2.26. The Balaban J connectivity index is 3.41. The van der Waals surface area contributed by atoms with Gasteiger partial charge in [0.1, 0.15) is 0 Å². The molecular weight excluding hydrogens is 198 g/mol. The zero-order valence-corrected chi connectivity index (χ0v) is 10.7. The molecule has 0 aromatic rings. The zero-order chi connectivity index (χ0) is 12.2. The van der Waals surface area contributed by atoms with Crippen LogP contribution < -0.4 is 5.73 Å². The average molecular weight is 225 g/mol. The van der Waals surface area contributed by atoms with E-state index in [4.69, 9.17) is 5.73 Å². The Labute approximate surface area is 100 Å². The Hall–Kier alpha value is -0.600. The molecule has 94 valence electrons. The van der Waals surface area contributed by atoms with Crippen molar-refractivity contribution < 1.29 is 5.11 Å². The first-order chi connectivity index (χ1) is 7.68. The fraction of sp³-hybridized carbons (Fsp3) is 0.714. The minimum Gasteiger partial charge on any atom is -0.391 e. The van der Waals surface area contributed by atoms with Gasteiger partial charge < -0.3 is 10.8 Å².